The Morgan fingerprint density at radius 1 is 0.786 bits per heavy atom. The predicted octanol–water partition coefficient (Wildman–Crippen LogP) is 5.47. The van der Waals surface area contributed by atoms with Gasteiger partial charge in [-0.15, -0.1) is 0 Å². The van der Waals surface area contributed by atoms with Crippen LogP contribution in [-0.2, 0) is 9.09 Å². The van der Waals surface area contributed by atoms with Crippen LogP contribution in [0.25, 0.3) is 0 Å². The monoisotopic (exact) mass is 460 g/mol. The lowest BCUT2D eigenvalue weighted by Gasteiger charge is -2.24. The minimum Gasteiger partial charge on any atom is -0.497 e. The van der Waals surface area contributed by atoms with E-state index in [1.807, 2.05) is 31.2 Å². The maximum atomic E-state index is 14.2. The number of benzene rings is 3. The highest BCUT2D eigenvalue weighted by molar-refractivity contribution is 9.10. The second-order valence-corrected chi connectivity index (χ2v) is 9.42. The van der Waals surface area contributed by atoms with Gasteiger partial charge in [-0.05, 0) is 67.1 Å². The summed E-state index contributed by atoms with van der Waals surface area (Å²) < 4.78 is 31.8. The third kappa shape index (κ3) is 4.33. The normalized spacial score (nSPS) is 12.4. The minimum atomic E-state index is -3.36. The Balaban J connectivity index is 2.04. The van der Waals surface area contributed by atoms with Crippen LogP contribution >= 0.6 is 23.3 Å². The van der Waals surface area contributed by atoms with Crippen molar-refractivity contribution in [2.24, 2.45) is 0 Å². The van der Waals surface area contributed by atoms with Crippen molar-refractivity contribution in [2.45, 2.75) is 13.0 Å². The van der Waals surface area contributed by atoms with Crippen molar-refractivity contribution in [3.05, 3.63) is 82.8 Å². The fraction of sp³-hybridized carbons (Fsp3) is 0.182. The van der Waals surface area contributed by atoms with Crippen LogP contribution in [0.4, 0.5) is 0 Å². The van der Waals surface area contributed by atoms with Gasteiger partial charge in [0, 0.05) is 15.1 Å². The molecule has 6 heteroatoms. The minimum absolute atomic E-state index is 0.384. The molecule has 3 aromatic carbocycles. The van der Waals surface area contributed by atoms with Gasteiger partial charge in [0.1, 0.15) is 11.5 Å². The molecule has 0 aliphatic carbocycles. The number of methoxy groups -OCH3 is 2. The molecular formula is C22H22BrO4P. The second-order valence-electron chi connectivity index (χ2n) is 6.22. The summed E-state index contributed by atoms with van der Waals surface area (Å²) in [6.45, 7) is 1.90. The first kappa shape index (κ1) is 20.7. The maximum Gasteiger partial charge on any atom is 0.261 e. The Bertz CT molecular complexity index is 919. The van der Waals surface area contributed by atoms with Gasteiger partial charge in [0.25, 0.3) is 7.37 Å². The molecule has 0 spiro atoms. The standard InChI is InChI=1S/C22H22BrO4P/c1-16(21-6-4-5-7-22(21)23)27-28(24,19-12-8-17(25-2)9-13-19)20-14-10-18(26-3)11-15-20/h4-16H,1-3H3. The molecule has 0 radical (unpaired) electrons. The number of hydrogen-bond donors (Lipinski definition) is 0. The van der Waals surface area contributed by atoms with E-state index in [4.69, 9.17) is 14.0 Å². The lowest BCUT2D eigenvalue weighted by molar-refractivity contribution is 0.238. The zero-order valence-electron chi connectivity index (χ0n) is 16.0. The number of ether oxygens (including phenoxy) is 2. The van der Waals surface area contributed by atoms with Crippen LogP contribution in [0, 0.1) is 0 Å². The van der Waals surface area contributed by atoms with Crippen molar-refractivity contribution < 1.29 is 18.6 Å². The van der Waals surface area contributed by atoms with Crippen LogP contribution in [0.3, 0.4) is 0 Å². The van der Waals surface area contributed by atoms with Crippen molar-refractivity contribution in [3.8, 4) is 11.5 Å². The van der Waals surface area contributed by atoms with E-state index in [9.17, 15) is 4.57 Å². The van der Waals surface area contributed by atoms with Crippen LogP contribution in [0.5, 0.6) is 11.5 Å². The lowest BCUT2D eigenvalue weighted by Crippen LogP contribution is -2.19. The van der Waals surface area contributed by atoms with E-state index in [-0.39, 0.29) is 6.10 Å². The Hall–Kier alpha value is -2.07. The molecule has 0 saturated heterocycles. The molecule has 1 unspecified atom stereocenters. The number of halogens is 1. The molecule has 3 rings (SSSR count). The highest BCUT2D eigenvalue weighted by atomic mass is 79.9. The zero-order valence-corrected chi connectivity index (χ0v) is 18.4. The average Bonchev–Trinajstić information content (AvgIpc) is 2.74. The zero-order chi connectivity index (χ0) is 20.1. The Morgan fingerprint density at radius 3 is 1.68 bits per heavy atom. The van der Waals surface area contributed by atoms with Gasteiger partial charge in [-0.25, -0.2) is 0 Å². The van der Waals surface area contributed by atoms with Crippen LogP contribution in [0.15, 0.2) is 77.3 Å². The van der Waals surface area contributed by atoms with E-state index in [0.29, 0.717) is 22.1 Å². The molecule has 4 nitrogen and oxygen atoms in total. The average molecular weight is 461 g/mol. The Kier molecular flexibility index (Phi) is 6.61. The van der Waals surface area contributed by atoms with E-state index < -0.39 is 7.37 Å². The van der Waals surface area contributed by atoms with Crippen molar-refractivity contribution in [2.75, 3.05) is 14.2 Å². The van der Waals surface area contributed by atoms with Gasteiger partial charge in [-0.3, -0.25) is 4.57 Å². The fourth-order valence-corrected chi connectivity index (χ4v) is 5.70. The van der Waals surface area contributed by atoms with Crippen molar-refractivity contribution >= 4 is 33.9 Å². The van der Waals surface area contributed by atoms with Crippen LogP contribution in [0.1, 0.15) is 18.6 Å². The maximum absolute atomic E-state index is 14.2. The van der Waals surface area contributed by atoms with Crippen molar-refractivity contribution in [1.82, 2.24) is 0 Å². The smallest absolute Gasteiger partial charge is 0.261 e. The van der Waals surface area contributed by atoms with Crippen molar-refractivity contribution in [3.63, 3.8) is 0 Å². The van der Waals surface area contributed by atoms with Crippen LogP contribution in [0.2, 0.25) is 0 Å². The summed E-state index contributed by atoms with van der Waals surface area (Å²) in [6, 6.07) is 22.1. The van der Waals surface area contributed by atoms with Gasteiger partial charge in [0.2, 0.25) is 0 Å². The topological polar surface area (TPSA) is 44.8 Å². The summed E-state index contributed by atoms with van der Waals surface area (Å²) in [5.74, 6) is 1.40. The van der Waals surface area contributed by atoms with Gasteiger partial charge >= 0.3 is 0 Å². The van der Waals surface area contributed by atoms with Gasteiger partial charge in [-0.2, -0.15) is 0 Å². The molecule has 0 saturated carbocycles. The first-order valence-corrected chi connectivity index (χ1v) is 11.2. The first-order chi connectivity index (χ1) is 13.5. The van der Waals surface area contributed by atoms with E-state index in [0.717, 1.165) is 10.0 Å². The first-order valence-electron chi connectivity index (χ1n) is 8.80. The van der Waals surface area contributed by atoms with Gasteiger partial charge in [0.05, 0.1) is 20.3 Å². The van der Waals surface area contributed by atoms with E-state index in [1.54, 1.807) is 62.8 Å². The molecule has 0 aliphatic rings. The summed E-state index contributed by atoms with van der Waals surface area (Å²) in [4.78, 5) is 0. The van der Waals surface area contributed by atoms with Crippen LogP contribution in [-0.4, -0.2) is 14.2 Å². The van der Waals surface area contributed by atoms with Gasteiger partial charge in [0.15, 0.2) is 0 Å². The molecular weight excluding hydrogens is 439 g/mol. The largest absolute Gasteiger partial charge is 0.497 e. The quantitative estimate of drug-likeness (QED) is 0.438. The molecule has 0 N–H and O–H groups in total. The molecule has 0 aliphatic heterocycles. The summed E-state index contributed by atoms with van der Waals surface area (Å²) in [5.41, 5.74) is 0.935. The molecule has 0 bridgehead atoms. The molecule has 3 aromatic rings. The summed E-state index contributed by atoms with van der Waals surface area (Å²) in [7, 11) is -0.157. The molecule has 28 heavy (non-hydrogen) atoms. The molecule has 0 fully saturated rings. The number of hydrogen-bond acceptors (Lipinski definition) is 4. The van der Waals surface area contributed by atoms with Crippen molar-refractivity contribution in [1.29, 1.82) is 0 Å². The third-order valence-electron chi connectivity index (χ3n) is 4.47. The predicted molar refractivity (Wildman–Crippen MR) is 117 cm³/mol. The van der Waals surface area contributed by atoms with E-state index >= 15 is 0 Å². The summed E-state index contributed by atoms with van der Waals surface area (Å²) >= 11 is 3.55. The summed E-state index contributed by atoms with van der Waals surface area (Å²) in [6.07, 6.45) is -0.384. The van der Waals surface area contributed by atoms with Gasteiger partial charge < -0.3 is 14.0 Å². The highest BCUT2D eigenvalue weighted by Crippen LogP contribution is 2.50. The Labute approximate surface area is 174 Å². The van der Waals surface area contributed by atoms with E-state index in [1.165, 1.54) is 0 Å². The molecule has 0 amide bonds. The Morgan fingerprint density at radius 2 is 1.25 bits per heavy atom. The number of rotatable bonds is 7. The molecule has 0 aromatic heterocycles. The molecule has 146 valence electrons. The molecule has 1 atom stereocenters. The summed E-state index contributed by atoms with van der Waals surface area (Å²) in [5, 5.41) is 1.22. The highest BCUT2D eigenvalue weighted by Gasteiger charge is 2.32. The van der Waals surface area contributed by atoms with Crippen LogP contribution < -0.4 is 20.1 Å². The SMILES string of the molecule is COc1ccc(P(=O)(OC(C)c2ccccc2Br)c2ccc(OC)cc2)cc1. The third-order valence-corrected chi connectivity index (χ3v) is 7.77. The molecule has 0 heterocycles. The van der Waals surface area contributed by atoms with Gasteiger partial charge in [-0.1, -0.05) is 34.1 Å². The lowest BCUT2D eigenvalue weighted by atomic mass is 10.1. The van der Waals surface area contributed by atoms with E-state index in [2.05, 4.69) is 15.9 Å². The fourth-order valence-electron chi connectivity index (χ4n) is 2.91. The second kappa shape index (κ2) is 8.95.